The number of halogens is 3. The number of carboxylic acids is 1. The first kappa shape index (κ1) is 15.1. The van der Waals surface area contributed by atoms with Crippen LogP contribution in [-0.2, 0) is 9.53 Å². The molecule has 1 aliphatic rings. The van der Waals surface area contributed by atoms with Gasteiger partial charge in [-0.2, -0.15) is 0 Å². The van der Waals surface area contributed by atoms with Gasteiger partial charge in [-0.15, -0.1) is 0 Å². The molecule has 9 heteroatoms. The molecule has 114 valence electrons. The molecule has 1 aromatic carbocycles. The summed E-state index contributed by atoms with van der Waals surface area (Å²) in [6.45, 7) is -0.103. The van der Waals surface area contributed by atoms with Gasteiger partial charge < -0.3 is 20.1 Å². The van der Waals surface area contributed by atoms with E-state index in [1.54, 1.807) is 0 Å². The van der Waals surface area contributed by atoms with Gasteiger partial charge in [0.2, 0.25) is 0 Å². The molecule has 0 saturated carbocycles. The number of carbonyl (C=O) groups excluding carboxylic acids is 1. The maximum Gasteiger partial charge on any atom is 0.328 e. The number of nitrogens with one attached hydrogen (secondary N) is 1. The molecule has 1 atom stereocenters. The minimum atomic E-state index is -1.72. The Hall–Kier alpha value is -2.29. The number of rotatable bonds is 2. The molecule has 1 fully saturated rings. The number of hydrogen-bond donors (Lipinski definition) is 2. The summed E-state index contributed by atoms with van der Waals surface area (Å²) in [5, 5.41) is 11.0. The van der Waals surface area contributed by atoms with Crippen LogP contribution < -0.4 is 5.32 Å². The van der Waals surface area contributed by atoms with Crippen LogP contribution in [0.1, 0.15) is 0 Å². The lowest BCUT2D eigenvalue weighted by Crippen LogP contribution is -2.54. The number of morpholine rings is 1. The predicted molar refractivity (Wildman–Crippen MR) is 64.3 cm³/mol. The second-order valence-electron chi connectivity index (χ2n) is 4.28. The van der Waals surface area contributed by atoms with Crippen LogP contribution in [0.5, 0.6) is 0 Å². The summed E-state index contributed by atoms with van der Waals surface area (Å²) < 4.78 is 44.2. The number of aliphatic carboxylic acids is 1. The van der Waals surface area contributed by atoms with Crippen LogP contribution in [0.15, 0.2) is 12.1 Å². The zero-order chi connectivity index (χ0) is 15.6. The molecular formula is C12H11F3N2O4. The van der Waals surface area contributed by atoms with Crippen molar-refractivity contribution < 1.29 is 32.6 Å². The molecule has 21 heavy (non-hydrogen) atoms. The molecule has 1 saturated heterocycles. The van der Waals surface area contributed by atoms with E-state index < -0.39 is 41.2 Å². The van der Waals surface area contributed by atoms with Crippen LogP contribution in [0, 0.1) is 17.5 Å². The van der Waals surface area contributed by atoms with Gasteiger partial charge in [-0.05, 0) is 12.1 Å². The normalized spacial score (nSPS) is 18.4. The maximum atomic E-state index is 13.5. The van der Waals surface area contributed by atoms with Gasteiger partial charge in [0.15, 0.2) is 23.5 Å². The fourth-order valence-corrected chi connectivity index (χ4v) is 1.86. The maximum absolute atomic E-state index is 13.5. The van der Waals surface area contributed by atoms with Crippen LogP contribution in [-0.4, -0.2) is 47.8 Å². The van der Waals surface area contributed by atoms with Crippen molar-refractivity contribution >= 4 is 17.7 Å². The summed E-state index contributed by atoms with van der Waals surface area (Å²) in [4.78, 5) is 23.9. The molecule has 0 bridgehead atoms. The molecule has 2 N–H and O–H groups in total. The van der Waals surface area contributed by atoms with E-state index in [9.17, 15) is 22.8 Å². The van der Waals surface area contributed by atoms with Crippen LogP contribution in [0.25, 0.3) is 0 Å². The topological polar surface area (TPSA) is 78.9 Å². The third-order valence-corrected chi connectivity index (χ3v) is 2.95. The highest BCUT2D eigenvalue weighted by Gasteiger charge is 2.33. The van der Waals surface area contributed by atoms with Crippen LogP contribution in [0.4, 0.5) is 23.7 Å². The van der Waals surface area contributed by atoms with Gasteiger partial charge in [0, 0.05) is 6.54 Å². The molecule has 0 aromatic heterocycles. The predicted octanol–water partition coefficient (Wildman–Crippen LogP) is 1.42. The first-order chi connectivity index (χ1) is 9.91. The number of ether oxygens (including phenoxy) is 1. The number of carbonyl (C=O) groups is 2. The molecule has 0 spiro atoms. The molecule has 1 unspecified atom stereocenters. The van der Waals surface area contributed by atoms with E-state index in [1.165, 1.54) is 0 Å². The lowest BCUT2D eigenvalue weighted by Gasteiger charge is -2.32. The minimum Gasteiger partial charge on any atom is -0.480 e. The van der Waals surface area contributed by atoms with Crippen LogP contribution in [0.3, 0.4) is 0 Å². The number of anilines is 1. The van der Waals surface area contributed by atoms with Gasteiger partial charge in [0.1, 0.15) is 0 Å². The van der Waals surface area contributed by atoms with E-state index in [4.69, 9.17) is 9.84 Å². The van der Waals surface area contributed by atoms with Crippen molar-refractivity contribution in [3.8, 4) is 0 Å². The minimum absolute atomic E-state index is 0.0197. The van der Waals surface area contributed by atoms with E-state index in [0.717, 1.165) is 11.0 Å². The summed E-state index contributed by atoms with van der Waals surface area (Å²) in [7, 11) is 0. The summed E-state index contributed by atoms with van der Waals surface area (Å²) in [5.41, 5.74) is -0.575. The molecule has 0 radical (unpaired) electrons. The standard InChI is InChI=1S/C12H11F3N2O4/c13-6-1-2-7(10(15)9(6)14)16-12(20)17-3-4-21-5-8(17)11(18)19/h1-2,8H,3-5H2,(H,16,20)(H,18,19). The van der Waals surface area contributed by atoms with Crippen molar-refractivity contribution in [1.82, 2.24) is 4.90 Å². The quantitative estimate of drug-likeness (QED) is 0.810. The molecule has 6 nitrogen and oxygen atoms in total. The van der Waals surface area contributed by atoms with Crippen molar-refractivity contribution in [1.29, 1.82) is 0 Å². The summed E-state index contributed by atoms with van der Waals surface area (Å²) >= 11 is 0. The monoisotopic (exact) mass is 304 g/mol. The molecule has 1 aromatic rings. The highest BCUT2D eigenvalue weighted by atomic mass is 19.2. The summed E-state index contributed by atoms with van der Waals surface area (Å²) in [5.74, 6) is -5.94. The van der Waals surface area contributed by atoms with Crippen molar-refractivity contribution in [2.75, 3.05) is 25.1 Å². The second-order valence-corrected chi connectivity index (χ2v) is 4.28. The molecular weight excluding hydrogens is 293 g/mol. The Balaban J connectivity index is 2.17. The third-order valence-electron chi connectivity index (χ3n) is 2.95. The van der Waals surface area contributed by atoms with Gasteiger partial charge in [-0.1, -0.05) is 0 Å². The van der Waals surface area contributed by atoms with Crippen LogP contribution >= 0.6 is 0 Å². The van der Waals surface area contributed by atoms with Gasteiger partial charge in [0.05, 0.1) is 18.9 Å². The van der Waals surface area contributed by atoms with E-state index >= 15 is 0 Å². The Bertz CT molecular complexity index is 582. The SMILES string of the molecule is O=C(O)C1COCCN1C(=O)Nc1ccc(F)c(F)c1F. The molecule has 1 aliphatic heterocycles. The second kappa shape index (κ2) is 6.00. The highest BCUT2D eigenvalue weighted by molar-refractivity contribution is 5.92. The lowest BCUT2D eigenvalue weighted by molar-refractivity contribution is -0.147. The Morgan fingerprint density at radius 3 is 2.67 bits per heavy atom. The Kier molecular flexibility index (Phi) is 4.32. The number of benzene rings is 1. The van der Waals surface area contributed by atoms with Crippen molar-refractivity contribution in [3.05, 3.63) is 29.6 Å². The fourth-order valence-electron chi connectivity index (χ4n) is 1.86. The number of nitrogens with zero attached hydrogens (tertiary/aromatic N) is 1. The molecule has 2 rings (SSSR count). The van der Waals surface area contributed by atoms with Crippen molar-refractivity contribution in [2.24, 2.45) is 0 Å². The number of carboxylic acid groups (broad SMARTS) is 1. The first-order valence-electron chi connectivity index (χ1n) is 5.93. The van der Waals surface area contributed by atoms with E-state index in [2.05, 4.69) is 0 Å². The molecule has 1 heterocycles. The van der Waals surface area contributed by atoms with Gasteiger partial charge in [0.25, 0.3) is 0 Å². The van der Waals surface area contributed by atoms with Gasteiger partial charge >= 0.3 is 12.0 Å². The lowest BCUT2D eigenvalue weighted by atomic mass is 10.2. The zero-order valence-corrected chi connectivity index (χ0v) is 10.6. The zero-order valence-electron chi connectivity index (χ0n) is 10.6. The van der Waals surface area contributed by atoms with Crippen LogP contribution in [0.2, 0.25) is 0 Å². The van der Waals surface area contributed by atoms with Gasteiger partial charge in [-0.3, -0.25) is 0 Å². The third kappa shape index (κ3) is 3.07. The Morgan fingerprint density at radius 1 is 1.29 bits per heavy atom. The first-order valence-corrected chi connectivity index (χ1v) is 5.93. The smallest absolute Gasteiger partial charge is 0.328 e. The van der Waals surface area contributed by atoms with E-state index in [0.29, 0.717) is 6.07 Å². The highest BCUT2D eigenvalue weighted by Crippen LogP contribution is 2.20. The average Bonchev–Trinajstić information content (AvgIpc) is 2.47. The molecule has 2 amide bonds. The summed E-state index contributed by atoms with van der Waals surface area (Å²) in [6.07, 6.45) is 0. The van der Waals surface area contributed by atoms with E-state index in [1.807, 2.05) is 5.32 Å². The number of urea groups is 1. The number of hydrogen-bond acceptors (Lipinski definition) is 3. The van der Waals surface area contributed by atoms with Crippen molar-refractivity contribution in [2.45, 2.75) is 6.04 Å². The van der Waals surface area contributed by atoms with E-state index in [-0.39, 0.29) is 19.8 Å². The average molecular weight is 304 g/mol. The summed E-state index contributed by atoms with van der Waals surface area (Å²) in [6, 6.07) is -0.660. The number of amides is 2. The largest absolute Gasteiger partial charge is 0.480 e. The fraction of sp³-hybridized carbons (Fsp3) is 0.333. The van der Waals surface area contributed by atoms with Gasteiger partial charge in [-0.25, -0.2) is 22.8 Å². The van der Waals surface area contributed by atoms with Crippen molar-refractivity contribution in [3.63, 3.8) is 0 Å². The Labute approximate surface area is 117 Å². The molecule has 0 aliphatic carbocycles. The Morgan fingerprint density at radius 2 is 2.00 bits per heavy atom.